The molecule has 2 aromatic rings. The van der Waals surface area contributed by atoms with Gasteiger partial charge in [-0.1, -0.05) is 30.3 Å². The molecular weight excluding hydrogens is 340 g/mol. The molecule has 0 unspecified atom stereocenters. The first kappa shape index (κ1) is 21.3. The van der Waals surface area contributed by atoms with Gasteiger partial charge >= 0.3 is 0 Å². The van der Waals surface area contributed by atoms with Gasteiger partial charge in [-0.2, -0.15) is 0 Å². The van der Waals surface area contributed by atoms with Gasteiger partial charge in [0.2, 0.25) is 0 Å². The fourth-order valence-electron chi connectivity index (χ4n) is 3.47. The summed E-state index contributed by atoms with van der Waals surface area (Å²) in [5.41, 5.74) is 4.51. The molecule has 0 spiro atoms. The Kier molecular flexibility index (Phi) is 7.28. The van der Waals surface area contributed by atoms with Gasteiger partial charge in [0.25, 0.3) is 0 Å². The van der Waals surface area contributed by atoms with Crippen molar-refractivity contribution in [3.63, 3.8) is 0 Å². The first-order chi connectivity index (χ1) is 12.8. The largest absolute Gasteiger partial charge is 0.496 e. The van der Waals surface area contributed by atoms with Crippen LogP contribution in [-0.4, -0.2) is 31.5 Å². The number of hydrogen-bond donors (Lipinski definition) is 1. The van der Waals surface area contributed by atoms with Crippen molar-refractivity contribution in [2.45, 2.75) is 52.7 Å². The highest BCUT2D eigenvalue weighted by molar-refractivity contribution is 5.58. The molecule has 0 bridgehead atoms. The lowest BCUT2D eigenvalue weighted by molar-refractivity contribution is -0.0441. The Morgan fingerprint density at radius 3 is 2.07 bits per heavy atom. The molecule has 4 heteroatoms. The molecule has 0 saturated carbocycles. The Morgan fingerprint density at radius 2 is 1.48 bits per heavy atom. The summed E-state index contributed by atoms with van der Waals surface area (Å²) in [6, 6.07) is 9.99. The molecule has 148 valence electrons. The van der Waals surface area contributed by atoms with Crippen LogP contribution in [0.25, 0.3) is 0 Å². The monoisotopic (exact) mass is 372 g/mol. The van der Waals surface area contributed by atoms with Crippen LogP contribution in [-0.2, 0) is 17.8 Å². The highest BCUT2D eigenvalue weighted by Crippen LogP contribution is 2.38. The molecule has 0 aliphatic carbocycles. The fraction of sp³-hybridized carbons (Fsp3) is 0.478. The van der Waals surface area contributed by atoms with Crippen LogP contribution in [0, 0.1) is 20.8 Å². The van der Waals surface area contributed by atoms with Crippen LogP contribution in [0.5, 0.6) is 11.5 Å². The summed E-state index contributed by atoms with van der Waals surface area (Å²) in [7, 11) is 3.39. The Morgan fingerprint density at radius 1 is 0.889 bits per heavy atom. The molecule has 0 aliphatic rings. The van der Waals surface area contributed by atoms with E-state index in [0.29, 0.717) is 19.4 Å². The average molecular weight is 373 g/mol. The maximum absolute atomic E-state index is 10.8. The Hall–Kier alpha value is -2.04. The quantitative estimate of drug-likeness (QED) is 0.703. The van der Waals surface area contributed by atoms with Crippen LogP contribution in [0.4, 0.5) is 0 Å². The maximum atomic E-state index is 10.8. The molecule has 27 heavy (non-hydrogen) atoms. The Labute approximate surface area is 163 Å². The number of rotatable bonds is 9. The number of ether oxygens (including phenoxy) is 3. The lowest BCUT2D eigenvalue weighted by Crippen LogP contribution is -2.31. The summed E-state index contributed by atoms with van der Waals surface area (Å²) in [5.74, 6) is 1.77. The van der Waals surface area contributed by atoms with Crippen molar-refractivity contribution in [2.75, 3.05) is 20.8 Å². The first-order valence-electron chi connectivity index (χ1n) is 9.35. The van der Waals surface area contributed by atoms with E-state index in [9.17, 15) is 5.11 Å². The molecule has 1 N–H and O–H groups in total. The molecule has 2 rings (SSSR count). The number of hydrogen-bond acceptors (Lipinski definition) is 4. The minimum absolute atomic E-state index is 0.283. The van der Waals surface area contributed by atoms with Gasteiger partial charge in [0, 0.05) is 5.56 Å². The number of benzene rings is 2. The van der Waals surface area contributed by atoms with Crippen LogP contribution >= 0.6 is 0 Å². The second-order valence-electron chi connectivity index (χ2n) is 7.40. The van der Waals surface area contributed by atoms with Crippen LogP contribution in [0.15, 0.2) is 30.3 Å². The summed E-state index contributed by atoms with van der Waals surface area (Å²) in [6.07, 6.45) is 1.26. The minimum Gasteiger partial charge on any atom is -0.496 e. The predicted molar refractivity (Wildman–Crippen MR) is 109 cm³/mol. The zero-order valence-electron chi connectivity index (χ0n) is 17.4. The van der Waals surface area contributed by atoms with Crippen molar-refractivity contribution >= 4 is 0 Å². The molecule has 0 amide bonds. The molecule has 1 atom stereocenters. The van der Waals surface area contributed by atoms with E-state index in [1.165, 1.54) is 0 Å². The topological polar surface area (TPSA) is 47.9 Å². The zero-order valence-corrected chi connectivity index (χ0v) is 17.4. The zero-order chi connectivity index (χ0) is 20.0. The lowest BCUT2D eigenvalue weighted by atomic mass is 9.91. The third-order valence-corrected chi connectivity index (χ3v) is 5.16. The van der Waals surface area contributed by atoms with Crippen molar-refractivity contribution in [2.24, 2.45) is 0 Å². The van der Waals surface area contributed by atoms with Gasteiger partial charge in [0.05, 0.1) is 33.0 Å². The molecule has 0 radical (unpaired) electrons. The Balaban J connectivity index is 2.07. The smallest absolute Gasteiger partial charge is 0.125 e. The summed E-state index contributed by atoms with van der Waals surface area (Å²) in [6.45, 7) is 8.73. The molecule has 0 fully saturated rings. The van der Waals surface area contributed by atoms with Gasteiger partial charge in [0.1, 0.15) is 11.5 Å². The summed E-state index contributed by atoms with van der Waals surface area (Å²) < 4.78 is 17.0. The van der Waals surface area contributed by atoms with Crippen LogP contribution in [0.2, 0.25) is 0 Å². The molecule has 0 aromatic heterocycles. The maximum Gasteiger partial charge on any atom is 0.125 e. The van der Waals surface area contributed by atoms with Crippen molar-refractivity contribution in [3.05, 3.63) is 58.1 Å². The van der Waals surface area contributed by atoms with Gasteiger partial charge in [-0.3, -0.25) is 0 Å². The summed E-state index contributed by atoms with van der Waals surface area (Å²) in [5, 5.41) is 10.8. The van der Waals surface area contributed by atoms with Crippen LogP contribution in [0.3, 0.4) is 0 Å². The first-order valence-corrected chi connectivity index (χ1v) is 9.35. The average Bonchev–Trinajstić information content (AvgIpc) is 2.64. The van der Waals surface area contributed by atoms with E-state index < -0.39 is 5.60 Å². The second-order valence-corrected chi connectivity index (χ2v) is 7.40. The molecule has 2 aromatic carbocycles. The van der Waals surface area contributed by atoms with E-state index >= 15 is 0 Å². The third kappa shape index (κ3) is 5.24. The predicted octanol–water partition coefficient (Wildman–Crippen LogP) is 4.53. The molecule has 0 aliphatic heterocycles. The van der Waals surface area contributed by atoms with E-state index in [1.807, 2.05) is 58.0 Å². The highest BCUT2D eigenvalue weighted by atomic mass is 16.5. The SMILES string of the molecule is COc1c(C)c(C)c(OC)c(CC[C@@](C)(O)COCc2ccccc2)c1C. The van der Waals surface area contributed by atoms with Gasteiger partial charge in [-0.25, -0.2) is 0 Å². The molecule has 0 saturated heterocycles. The number of methoxy groups -OCH3 is 2. The van der Waals surface area contributed by atoms with Crippen molar-refractivity contribution in [1.29, 1.82) is 0 Å². The Bertz CT molecular complexity index is 751. The van der Waals surface area contributed by atoms with Crippen molar-refractivity contribution in [3.8, 4) is 11.5 Å². The standard InChI is InChI=1S/C23H32O4/c1-16-17(2)22(26-6)20(18(3)21(16)25-5)12-13-23(4,24)15-27-14-19-10-8-7-9-11-19/h7-11,24H,12-15H2,1-6H3/t23-/m1/s1. The number of aliphatic hydroxyl groups is 1. The summed E-state index contributed by atoms with van der Waals surface area (Å²) >= 11 is 0. The highest BCUT2D eigenvalue weighted by Gasteiger charge is 2.24. The normalized spacial score (nSPS) is 13.3. The third-order valence-electron chi connectivity index (χ3n) is 5.16. The van der Waals surface area contributed by atoms with Crippen molar-refractivity contribution in [1.82, 2.24) is 0 Å². The van der Waals surface area contributed by atoms with Gasteiger partial charge in [0.15, 0.2) is 0 Å². The summed E-state index contributed by atoms with van der Waals surface area (Å²) in [4.78, 5) is 0. The van der Waals surface area contributed by atoms with E-state index in [-0.39, 0.29) is 6.61 Å². The molecule has 4 nitrogen and oxygen atoms in total. The van der Waals surface area contributed by atoms with Crippen LogP contribution < -0.4 is 9.47 Å². The van der Waals surface area contributed by atoms with E-state index in [4.69, 9.17) is 14.2 Å². The minimum atomic E-state index is -0.918. The second kappa shape index (κ2) is 9.25. The molecular formula is C23H32O4. The van der Waals surface area contributed by atoms with Gasteiger partial charge < -0.3 is 19.3 Å². The lowest BCUT2D eigenvalue weighted by Gasteiger charge is -2.26. The van der Waals surface area contributed by atoms with E-state index in [2.05, 4.69) is 0 Å². The van der Waals surface area contributed by atoms with Gasteiger partial charge in [-0.05, 0) is 62.8 Å². The van der Waals surface area contributed by atoms with E-state index in [0.717, 1.165) is 39.3 Å². The van der Waals surface area contributed by atoms with Crippen LogP contribution in [0.1, 0.15) is 41.2 Å². The fourth-order valence-corrected chi connectivity index (χ4v) is 3.47. The molecule has 0 heterocycles. The van der Waals surface area contributed by atoms with Crippen molar-refractivity contribution < 1.29 is 19.3 Å². The van der Waals surface area contributed by atoms with E-state index in [1.54, 1.807) is 14.2 Å². The van der Waals surface area contributed by atoms with Gasteiger partial charge in [-0.15, -0.1) is 0 Å².